The molecule has 0 spiro atoms. The van der Waals surface area contributed by atoms with Crippen LogP contribution < -0.4 is 5.32 Å². The molecule has 102 valence electrons. The van der Waals surface area contributed by atoms with E-state index in [1.54, 1.807) is 6.20 Å². The van der Waals surface area contributed by atoms with Crippen LogP contribution in [0.2, 0.25) is 0 Å². The minimum absolute atomic E-state index is 0.994. The lowest BCUT2D eigenvalue weighted by molar-refractivity contribution is 0.321. The van der Waals surface area contributed by atoms with Gasteiger partial charge in [0.1, 0.15) is 0 Å². The summed E-state index contributed by atoms with van der Waals surface area (Å²) in [5, 5.41) is 3.17. The summed E-state index contributed by atoms with van der Waals surface area (Å²) >= 11 is 0. The Morgan fingerprint density at radius 2 is 2.05 bits per heavy atom. The van der Waals surface area contributed by atoms with Gasteiger partial charge in [0.15, 0.2) is 0 Å². The largest absolute Gasteiger partial charge is 0.320 e. The van der Waals surface area contributed by atoms with Crippen molar-refractivity contribution in [2.75, 3.05) is 27.2 Å². The van der Waals surface area contributed by atoms with Crippen LogP contribution in [0.1, 0.15) is 12.0 Å². The molecule has 0 fully saturated rings. The molecule has 1 aromatic heterocycles. The Morgan fingerprint density at radius 1 is 1.26 bits per heavy atom. The van der Waals surface area contributed by atoms with Gasteiger partial charge in [-0.3, -0.25) is 0 Å². The normalized spacial score (nSPS) is 11.1. The zero-order valence-corrected chi connectivity index (χ0v) is 11.7. The summed E-state index contributed by atoms with van der Waals surface area (Å²) < 4.78 is 2.01. The Kier molecular flexibility index (Phi) is 5.12. The van der Waals surface area contributed by atoms with E-state index >= 15 is 0 Å². The smallest absolute Gasteiger partial charge is 0.0991 e. The molecule has 4 heteroatoms. The average molecular weight is 258 g/mol. The second kappa shape index (κ2) is 7.07. The van der Waals surface area contributed by atoms with Gasteiger partial charge in [0.25, 0.3) is 0 Å². The lowest BCUT2D eigenvalue weighted by Gasteiger charge is -2.16. The van der Waals surface area contributed by atoms with Crippen molar-refractivity contribution >= 4 is 0 Å². The van der Waals surface area contributed by atoms with Crippen molar-refractivity contribution in [2.45, 2.75) is 13.0 Å². The minimum atomic E-state index is 0.994. The highest BCUT2D eigenvalue weighted by Crippen LogP contribution is 2.10. The van der Waals surface area contributed by atoms with Gasteiger partial charge in [0.05, 0.1) is 6.33 Å². The lowest BCUT2D eigenvalue weighted by Crippen LogP contribution is -2.22. The van der Waals surface area contributed by atoms with Crippen LogP contribution in [0.3, 0.4) is 0 Å². The van der Waals surface area contributed by atoms with Crippen LogP contribution in [0, 0.1) is 0 Å². The van der Waals surface area contributed by atoms with E-state index in [-0.39, 0.29) is 0 Å². The maximum Gasteiger partial charge on any atom is 0.0991 e. The van der Waals surface area contributed by atoms with Crippen molar-refractivity contribution in [3.05, 3.63) is 48.5 Å². The summed E-state index contributed by atoms with van der Waals surface area (Å²) in [5.41, 5.74) is 2.50. The topological polar surface area (TPSA) is 33.1 Å². The van der Waals surface area contributed by atoms with Crippen LogP contribution in [0.25, 0.3) is 5.69 Å². The number of aromatic nitrogens is 2. The first kappa shape index (κ1) is 13.8. The predicted molar refractivity (Wildman–Crippen MR) is 78.4 cm³/mol. The fraction of sp³-hybridized carbons (Fsp3) is 0.400. The molecule has 1 heterocycles. The second-order valence-corrected chi connectivity index (χ2v) is 4.83. The minimum Gasteiger partial charge on any atom is -0.320 e. The van der Waals surface area contributed by atoms with Crippen LogP contribution in [-0.2, 0) is 6.54 Å². The molecule has 2 rings (SSSR count). The maximum absolute atomic E-state index is 4.06. The summed E-state index contributed by atoms with van der Waals surface area (Å²) in [5.74, 6) is 0. The van der Waals surface area contributed by atoms with Gasteiger partial charge in [-0.2, -0.15) is 0 Å². The van der Waals surface area contributed by atoms with E-state index in [1.165, 1.54) is 12.0 Å². The third-order valence-electron chi connectivity index (χ3n) is 3.16. The van der Waals surface area contributed by atoms with Gasteiger partial charge in [0, 0.05) is 24.6 Å². The second-order valence-electron chi connectivity index (χ2n) is 4.83. The molecule has 0 bridgehead atoms. The number of nitrogens with one attached hydrogen (secondary N) is 1. The fourth-order valence-electron chi connectivity index (χ4n) is 2.10. The number of benzene rings is 1. The van der Waals surface area contributed by atoms with E-state index in [9.17, 15) is 0 Å². The monoisotopic (exact) mass is 258 g/mol. The summed E-state index contributed by atoms with van der Waals surface area (Å²) in [6.45, 7) is 3.18. The molecule has 0 atom stereocenters. The Hall–Kier alpha value is -1.65. The van der Waals surface area contributed by atoms with E-state index in [0.717, 1.165) is 25.3 Å². The van der Waals surface area contributed by atoms with Crippen LogP contribution in [0.15, 0.2) is 43.0 Å². The van der Waals surface area contributed by atoms with Gasteiger partial charge in [-0.15, -0.1) is 0 Å². The van der Waals surface area contributed by atoms with Crippen LogP contribution in [0.4, 0.5) is 0 Å². The van der Waals surface area contributed by atoms with E-state index < -0.39 is 0 Å². The maximum atomic E-state index is 4.06. The highest BCUT2D eigenvalue weighted by molar-refractivity contribution is 5.34. The lowest BCUT2D eigenvalue weighted by atomic mass is 10.2. The molecule has 0 amide bonds. The third-order valence-corrected chi connectivity index (χ3v) is 3.16. The third kappa shape index (κ3) is 4.19. The van der Waals surface area contributed by atoms with Gasteiger partial charge >= 0.3 is 0 Å². The zero-order chi connectivity index (χ0) is 13.5. The van der Waals surface area contributed by atoms with E-state index in [1.807, 2.05) is 24.1 Å². The molecule has 19 heavy (non-hydrogen) atoms. The predicted octanol–water partition coefficient (Wildman–Crippen LogP) is 1.91. The molecule has 0 aliphatic heterocycles. The summed E-state index contributed by atoms with van der Waals surface area (Å²) in [6.07, 6.45) is 6.75. The van der Waals surface area contributed by atoms with Gasteiger partial charge < -0.3 is 14.8 Å². The molecule has 4 nitrogen and oxygen atoms in total. The van der Waals surface area contributed by atoms with Gasteiger partial charge in [-0.25, -0.2) is 4.98 Å². The Morgan fingerprint density at radius 3 is 2.68 bits per heavy atom. The summed E-state index contributed by atoms with van der Waals surface area (Å²) in [6, 6.07) is 8.64. The van der Waals surface area contributed by atoms with Crippen molar-refractivity contribution in [1.29, 1.82) is 0 Å². The molecule has 0 aliphatic carbocycles. The van der Waals surface area contributed by atoms with Gasteiger partial charge in [0.2, 0.25) is 0 Å². The van der Waals surface area contributed by atoms with Crippen molar-refractivity contribution in [3.8, 4) is 5.69 Å². The van der Waals surface area contributed by atoms with Crippen molar-refractivity contribution in [1.82, 2.24) is 19.8 Å². The van der Waals surface area contributed by atoms with Crippen LogP contribution >= 0.6 is 0 Å². The number of nitrogens with zero attached hydrogens (tertiary/aromatic N) is 3. The first-order valence-corrected chi connectivity index (χ1v) is 6.70. The Bertz CT molecular complexity index is 461. The molecular formula is C15H22N4. The quantitative estimate of drug-likeness (QED) is 0.770. The molecule has 0 radical (unpaired) electrons. The number of rotatable bonds is 7. The zero-order valence-electron chi connectivity index (χ0n) is 11.7. The molecule has 1 N–H and O–H groups in total. The molecule has 0 saturated heterocycles. The van der Waals surface area contributed by atoms with Crippen molar-refractivity contribution < 1.29 is 0 Å². The molecule has 2 aromatic rings. The first-order chi connectivity index (χ1) is 9.29. The van der Waals surface area contributed by atoms with Crippen molar-refractivity contribution in [3.63, 3.8) is 0 Å². The fourth-order valence-corrected chi connectivity index (χ4v) is 2.10. The molecule has 0 aliphatic rings. The van der Waals surface area contributed by atoms with E-state index in [4.69, 9.17) is 0 Å². The van der Waals surface area contributed by atoms with E-state index in [0.29, 0.717) is 0 Å². The van der Waals surface area contributed by atoms with E-state index in [2.05, 4.69) is 46.5 Å². The first-order valence-electron chi connectivity index (χ1n) is 6.70. The molecule has 0 saturated carbocycles. The van der Waals surface area contributed by atoms with Crippen molar-refractivity contribution in [2.24, 2.45) is 0 Å². The highest BCUT2D eigenvalue weighted by atomic mass is 15.1. The van der Waals surface area contributed by atoms with Gasteiger partial charge in [-0.1, -0.05) is 12.1 Å². The average Bonchev–Trinajstić information content (AvgIpc) is 2.94. The summed E-state index contributed by atoms with van der Waals surface area (Å²) in [4.78, 5) is 6.41. The number of hydrogen-bond donors (Lipinski definition) is 1. The molecule has 1 aromatic carbocycles. The Balaban J connectivity index is 1.88. The highest BCUT2D eigenvalue weighted by Gasteiger charge is 2.01. The SMILES string of the molecule is CNCCCN(C)Cc1ccc(-n2ccnc2)cc1. The number of imidazole rings is 1. The van der Waals surface area contributed by atoms with Gasteiger partial charge in [-0.05, 0) is 51.3 Å². The number of hydrogen-bond acceptors (Lipinski definition) is 3. The summed E-state index contributed by atoms with van der Waals surface area (Å²) in [7, 11) is 4.16. The molecule has 0 unspecified atom stereocenters. The Labute approximate surface area is 115 Å². The van der Waals surface area contributed by atoms with Crippen LogP contribution in [-0.4, -0.2) is 41.6 Å². The standard InChI is InChI=1S/C15H22N4/c1-16-8-3-10-18(2)12-14-4-6-15(7-5-14)19-11-9-17-13-19/h4-7,9,11,13,16H,3,8,10,12H2,1-2H3. The van der Waals surface area contributed by atoms with Crippen LogP contribution in [0.5, 0.6) is 0 Å². The molecular weight excluding hydrogens is 236 g/mol.